The van der Waals surface area contributed by atoms with Gasteiger partial charge in [0.1, 0.15) is 5.82 Å². The lowest BCUT2D eigenvalue weighted by Crippen LogP contribution is -2.16. The Balaban J connectivity index is 2.25. The molecule has 0 saturated carbocycles. The van der Waals surface area contributed by atoms with Crippen LogP contribution < -0.4 is 10.6 Å². The minimum Gasteiger partial charge on any atom is -0.342 e. The number of nitrogens with two attached hydrogens (primary N) is 1. The average Bonchev–Trinajstić information content (AvgIpc) is 2.50. The summed E-state index contributed by atoms with van der Waals surface area (Å²) in [4.78, 5) is 2.14. The third-order valence-electron chi connectivity index (χ3n) is 3.53. The van der Waals surface area contributed by atoms with Crippen LogP contribution in [0.5, 0.6) is 0 Å². The second-order valence-corrected chi connectivity index (χ2v) is 4.83. The molecule has 2 aromatic carbocycles. The molecule has 0 aliphatic heterocycles. The van der Waals surface area contributed by atoms with Crippen LogP contribution in [0.1, 0.15) is 31.9 Å². The molecule has 0 aliphatic carbocycles. The zero-order chi connectivity index (χ0) is 14.5. The number of halogens is 1. The predicted molar refractivity (Wildman–Crippen MR) is 82.7 cm³/mol. The van der Waals surface area contributed by atoms with E-state index in [1.165, 1.54) is 12.1 Å². The predicted octanol–water partition coefficient (Wildman–Crippen LogP) is 4.39. The summed E-state index contributed by atoms with van der Waals surface area (Å²) in [6.45, 7) is 4.98. The maximum Gasteiger partial charge on any atom is 0.123 e. The molecule has 2 rings (SSSR count). The Morgan fingerprint density at radius 2 is 1.45 bits per heavy atom. The number of rotatable bonds is 5. The summed E-state index contributed by atoms with van der Waals surface area (Å²) in [6.07, 6.45) is 0.925. The summed E-state index contributed by atoms with van der Waals surface area (Å²) in [5, 5.41) is 0. The van der Waals surface area contributed by atoms with E-state index in [9.17, 15) is 4.39 Å². The molecule has 0 aliphatic rings. The molecule has 2 N–H and O–H groups in total. The van der Waals surface area contributed by atoms with Gasteiger partial charge >= 0.3 is 0 Å². The van der Waals surface area contributed by atoms with Gasteiger partial charge in [0.25, 0.3) is 0 Å². The van der Waals surface area contributed by atoms with E-state index in [2.05, 4.69) is 43.0 Å². The zero-order valence-corrected chi connectivity index (χ0v) is 12.0. The molecule has 2 aromatic rings. The lowest BCUT2D eigenvalue weighted by Gasteiger charge is -2.24. The van der Waals surface area contributed by atoms with E-state index in [4.69, 9.17) is 5.73 Å². The minimum atomic E-state index is -0.214. The van der Waals surface area contributed by atoms with E-state index < -0.39 is 0 Å². The third kappa shape index (κ3) is 3.17. The van der Waals surface area contributed by atoms with Crippen molar-refractivity contribution in [2.24, 2.45) is 5.73 Å². The molecule has 0 saturated heterocycles. The zero-order valence-electron chi connectivity index (χ0n) is 12.0. The summed E-state index contributed by atoms with van der Waals surface area (Å²) < 4.78 is 13.0. The molecule has 0 heterocycles. The summed E-state index contributed by atoms with van der Waals surface area (Å²) in [5.41, 5.74) is 9.25. The molecule has 3 heteroatoms. The van der Waals surface area contributed by atoms with Gasteiger partial charge in [-0.2, -0.15) is 0 Å². The van der Waals surface area contributed by atoms with E-state index in [0.717, 1.165) is 29.9 Å². The maximum absolute atomic E-state index is 13.0. The lowest BCUT2D eigenvalue weighted by atomic mass is 10.0. The maximum atomic E-state index is 13.0. The molecule has 0 radical (unpaired) electrons. The van der Waals surface area contributed by atoms with E-state index in [1.807, 2.05) is 0 Å². The Kier molecular flexibility index (Phi) is 4.74. The van der Waals surface area contributed by atoms with Crippen molar-refractivity contribution in [2.45, 2.75) is 26.3 Å². The fourth-order valence-corrected chi connectivity index (χ4v) is 2.27. The molecule has 2 nitrogen and oxygen atoms in total. The van der Waals surface area contributed by atoms with Crippen molar-refractivity contribution in [3.8, 4) is 0 Å². The van der Waals surface area contributed by atoms with Crippen LogP contribution in [-0.2, 0) is 0 Å². The number of anilines is 2. The highest BCUT2D eigenvalue weighted by Gasteiger charge is 2.08. The molecule has 1 atom stereocenters. The van der Waals surface area contributed by atoms with Crippen molar-refractivity contribution >= 4 is 11.4 Å². The van der Waals surface area contributed by atoms with Gasteiger partial charge in [-0.1, -0.05) is 19.1 Å². The van der Waals surface area contributed by atoms with E-state index in [0.29, 0.717) is 0 Å². The van der Waals surface area contributed by atoms with Crippen LogP contribution in [0.15, 0.2) is 48.5 Å². The van der Waals surface area contributed by atoms with Crippen LogP contribution >= 0.6 is 0 Å². The van der Waals surface area contributed by atoms with Crippen molar-refractivity contribution in [1.29, 1.82) is 0 Å². The first-order valence-corrected chi connectivity index (χ1v) is 7.04. The molecule has 0 amide bonds. The van der Waals surface area contributed by atoms with Gasteiger partial charge < -0.3 is 10.6 Å². The van der Waals surface area contributed by atoms with E-state index >= 15 is 0 Å². The monoisotopic (exact) mass is 272 g/mol. The Morgan fingerprint density at radius 3 is 1.90 bits per heavy atom. The van der Waals surface area contributed by atoms with Gasteiger partial charge in [0.05, 0.1) is 0 Å². The van der Waals surface area contributed by atoms with Crippen LogP contribution in [-0.4, -0.2) is 6.54 Å². The summed E-state index contributed by atoms with van der Waals surface area (Å²) >= 11 is 0. The van der Waals surface area contributed by atoms with Gasteiger partial charge in [-0.3, -0.25) is 0 Å². The van der Waals surface area contributed by atoms with Gasteiger partial charge in [-0.05, 0) is 55.3 Å². The Labute approximate surface area is 120 Å². The third-order valence-corrected chi connectivity index (χ3v) is 3.53. The Hall–Kier alpha value is -1.87. The minimum absolute atomic E-state index is 0.0879. The van der Waals surface area contributed by atoms with Crippen molar-refractivity contribution < 1.29 is 4.39 Å². The quantitative estimate of drug-likeness (QED) is 0.874. The second kappa shape index (κ2) is 6.53. The molecule has 0 aromatic heterocycles. The fourth-order valence-electron chi connectivity index (χ4n) is 2.27. The summed E-state index contributed by atoms with van der Waals surface area (Å²) in [5.74, 6) is -0.214. The second-order valence-electron chi connectivity index (χ2n) is 4.83. The van der Waals surface area contributed by atoms with Gasteiger partial charge in [0.2, 0.25) is 0 Å². The molecule has 20 heavy (non-hydrogen) atoms. The molecule has 0 bridgehead atoms. The number of nitrogens with zero attached hydrogens (tertiary/aromatic N) is 1. The number of benzene rings is 2. The average molecular weight is 272 g/mol. The van der Waals surface area contributed by atoms with Gasteiger partial charge in [-0.15, -0.1) is 0 Å². The van der Waals surface area contributed by atoms with E-state index in [1.54, 1.807) is 12.1 Å². The molecular weight excluding hydrogens is 251 g/mol. The first-order valence-electron chi connectivity index (χ1n) is 7.04. The number of hydrogen-bond acceptors (Lipinski definition) is 2. The van der Waals surface area contributed by atoms with Gasteiger partial charge in [0, 0.05) is 24.0 Å². The van der Waals surface area contributed by atoms with Crippen LogP contribution in [0, 0.1) is 5.82 Å². The van der Waals surface area contributed by atoms with Crippen molar-refractivity contribution in [2.75, 3.05) is 11.4 Å². The topological polar surface area (TPSA) is 29.3 Å². The van der Waals surface area contributed by atoms with Crippen LogP contribution in [0.2, 0.25) is 0 Å². The van der Waals surface area contributed by atoms with Crippen LogP contribution in [0.3, 0.4) is 0 Å². The SMILES string of the molecule is CCC(N)c1ccc(N(CC)c2ccc(F)cc2)cc1. The first-order chi connectivity index (χ1) is 9.65. The highest BCUT2D eigenvalue weighted by molar-refractivity contribution is 5.63. The van der Waals surface area contributed by atoms with Crippen molar-refractivity contribution in [3.05, 3.63) is 59.9 Å². The molecule has 0 spiro atoms. The normalized spacial score (nSPS) is 12.2. The van der Waals surface area contributed by atoms with Gasteiger partial charge in [-0.25, -0.2) is 4.39 Å². The summed E-state index contributed by atoms with van der Waals surface area (Å²) in [7, 11) is 0. The molecule has 0 fully saturated rings. The van der Waals surface area contributed by atoms with Crippen LogP contribution in [0.4, 0.5) is 15.8 Å². The fraction of sp³-hybridized carbons (Fsp3) is 0.294. The first kappa shape index (κ1) is 14.5. The largest absolute Gasteiger partial charge is 0.342 e. The highest BCUT2D eigenvalue weighted by atomic mass is 19.1. The lowest BCUT2D eigenvalue weighted by molar-refractivity contribution is 0.628. The standard InChI is InChI=1S/C17H21FN2/c1-3-17(19)13-5-9-15(10-6-13)20(4-2)16-11-7-14(18)8-12-16/h5-12,17H,3-4,19H2,1-2H3. The van der Waals surface area contributed by atoms with Crippen LogP contribution in [0.25, 0.3) is 0 Å². The van der Waals surface area contributed by atoms with Gasteiger partial charge in [0.15, 0.2) is 0 Å². The van der Waals surface area contributed by atoms with Crippen molar-refractivity contribution in [3.63, 3.8) is 0 Å². The smallest absolute Gasteiger partial charge is 0.123 e. The Bertz CT molecular complexity index is 534. The molecule has 106 valence electrons. The molecule has 1 unspecified atom stereocenters. The Morgan fingerprint density at radius 1 is 0.950 bits per heavy atom. The van der Waals surface area contributed by atoms with Crippen molar-refractivity contribution in [1.82, 2.24) is 0 Å². The summed E-state index contributed by atoms with van der Waals surface area (Å²) in [6, 6.07) is 14.9. The number of hydrogen-bond donors (Lipinski definition) is 1. The molecular formula is C17H21FN2. The van der Waals surface area contributed by atoms with E-state index in [-0.39, 0.29) is 11.9 Å². The highest BCUT2D eigenvalue weighted by Crippen LogP contribution is 2.26.